The molecule has 13 rings (SSSR count). The molecule has 1 amide bonds. The number of alkyl carbamates (subject to hydrolysis) is 1. The lowest BCUT2D eigenvalue weighted by molar-refractivity contribution is 0.00578. The van der Waals surface area contributed by atoms with Crippen LogP contribution in [0.3, 0.4) is 0 Å². The molecule has 9 heterocycles. The zero-order valence-electron chi connectivity index (χ0n) is 50.2. The molecule has 26 heteroatoms. The molecule has 466 valence electrons. The molecule has 3 aliphatic heterocycles. The number of imidazole rings is 2. The highest BCUT2D eigenvalue weighted by Crippen LogP contribution is 2.48. The van der Waals surface area contributed by atoms with Crippen molar-refractivity contribution in [2.24, 2.45) is 59.6 Å². The summed E-state index contributed by atoms with van der Waals surface area (Å²) in [6, 6.07) is 17.3. The molecule has 3 saturated heterocycles. The number of amides is 1. The molecule has 6 aromatic heterocycles. The second-order valence-electron chi connectivity index (χ2n) is 24.9. The fourth-order valence-electron chi connectivity index (χ4n) is 13.0. The maximum absolute atomic E-state index is 12.3. The Kier molecular flexibility index (Phi) is 20.2. The van der Waals surface area contributed by atoms with E-state index >= 15 is 0 Å². The lowest BCUT2D eigenvalue weighted by Crippen LogP contribution is -2.51. The number of rotatable bonds is 7. The van der Waals surface area contributed by atoms with Crippen molar-refractivity contribution in [3.05, 3.63) is 102 Å². The smallest absolute Gasteiger partial charge is 0.444 e. The molecule has 0 bridgehead atoms. The van der Waals surface area contributed by atoms with Gasteiger partial charge in [-0.2, -0.15) is 0 Å². The first-order valence-electron chi connectivity index (χ1n) is 29.3. The van der Waals surface area contributed by atoms with E-state index in [2.05, 4.69) is 175 Å². The van der Waals surface area contributed by atoms with Crippen molar-refractivity contribution in [1.29, 1.82) is 0 Å². The molecular formula is C61H88BBrN20O4. The van der Waals surface area contributed by atoms with E-state index in [0.717, 1.165) is 138 Å². The van der Waals surface area contributed by atoms with Gasteiger partial charge in [0.05, 0.1) is 27.1 Å². The number of hydrogen-bond acceptors (Lipinski definition) is 13. The minimum absolute atomic E-state index is 0. The van der Waals surface area contributed by atoms with E-state index in [9.17, 15) is 4.79 Å². The third-order valence-electron chi connectivity index (χ3n) is 18.2. The van der Waals surface area contributed by atoms with Crippen LogP contribution in [0, 0.1) is 24.7 Å². The second-order valence-corrected chi connectivity index (χ2v) is 25.7. The third kappa shape index (κ3) is 13.6. The Hall–Kier alpha value is -7.55. The maximum Gasteiger partial charge on any atom is 0.495 e. The Balaban J connectivity index is 0.000000161. The number of nitrogens with two attached hydrogens (primary N) is 3. The van der Waals surface area contributed by atoms with Crippen molar-refractivity contribution in [2.45, 2.75) is 170 Å². The van der Waals surface area contributed by atoms with Gasteiger partial charge in [-0.3, -0.25) is 8.80 Å². The van der Waals surface area contributed by atoms with Crippen LogP contribution in [0.4, 0.5) is 16.7 Å². The topological polar surface area (TPSA) is 307 Å². The molecule has 2 atom stereocenters. The van der Waals surface area contributed by atoms with Gasteiger partial charge in [-0.1, -0.05) is 62.4 Å². The van der Waals surface area contributed by atoms with E-state index in [1.165, 1.54) is 30.2 Å². The average molecular weight is 1260 g/mol. The molecule has 24 nitrogen and oxygen atoms in total. The first kappa shape index (κ1) is 65.4. The van der Waals surface area contributed by atoms with Crippen molar-refractivity contribution in [1.82, 2.24) is 44.0 Å². The van der Waals surface area contributed by atoms with Crippen molar-refractivity contribution in [3.63, 3.8) is 0 Å². The number of halogens is 1. The number of benzene rings is 2. The summed E-state index contributed by atoms with van der Waals surface area (Å²) in [7, 11) is -0.297. The van der Waals surface area contributed by atoms with E-state index in [4.69, 9.17) is 34.7 Å². The monoisotopic (exact) mass is 1250 g/mol. The number of piperidine rings is 2. The summed E-state index contributed by atoms with van der Waals surface area (Å²) in [4.78, 5) is 42.8. The van der Waals surface area contributed by atoms with Crippen LogP contribution in [0.15, 0.2) is 122 Å². The number of aromatic amines is 2. The standard InChI is InChI=1S/C24H28N6.C21H30BrN5O2.C14H18BNO2.2CH4.H4N8/c1-16-21(18-4-2-5-19-17(18)7-11-26-19)22-27-12-15-30(22)23(28-16)29-13-9-24(10-14-29)8-3-6-20(24)25;1-14-16(22)17-23-10-13-27(17)18(24-14)26-11-8-21(9-12-26)7-5-6-15(21)25-19(28)29-20(2,3)4;1-13(2)14(3,4)18-15(17-13)11-6-5-7-12-10(11)8-9-16-12;;;1-3-5-7-8-6-4-2/h2,4-5,7,11-12,15,20,26H,3,6,8-10,13-14,25H2,1H3;10,13,15H,5-9,11-12H2,1-4H3,(H,25,28);5-9,16H,1-4H3;2*1H4;(H2,1,4,5,8)(H2,2,3,6,7)/t20-;15-;;;;/m11..../s1. The SMILES string of the molecule is C.C.CC1(C)OB(c2cccc3[nH]ccc23)OC1(C)C.Cc1nc(N2CCC3(CCC[C@H]3N)CC2)n2ccnc2c1-c1cccc2[nH]ccc12.Cc1nc(N2CCC3(CCC[C@H]3NC(=O)OC(C)(C)C)CC2)n2ccnc2c1Br.N/N=N/N=N/N=N/N. The average Bonchev–Trinajstić information content (AvgIpc) is 2.83. The van der Waals surface area contributed by atoms with Crippen molar-refractivity contribution in [2.75, 3.05) is 36.0 Å². The number of aryl methyl sites for hydroxylation is 2. The summed E-state index contributed by atoms with van der Waals surface area (Å²) in [6.07, 6.45) is 22.9. The van der Waals surface area contributed by atoms with E-state index in [0.29, 0.717) is 11.5 Å². The van der Waals surface area contributed by atoms with Crippen LogP contribution < -0.4 is 38.0 Å². The quantitative estimate of drug-likeness (QED) is 0.0375. The van der Waals surface area contributed by atoms with Gasteiger partial charge in [0, 0.05) is 97.4 Å². The highest BCUT2D eigenvalue weighted by molar-refractivity contribution is 9.10. The van der Waals surface area contributed by atoms with Crippen LogP contribution in [-0.4, -0.2) is 107 Å². The molecule has 0 unspecified atom stereocenters. The third-order valence-corrected chi connectivity index (χ3v) is 19.2. The van der Waals surface area contributed by atoms with Crippen LogP contribution in [0.2, 0.25) is 0 Å². The molecule has 9 N–H and O–H groups in total. The molecule has 87 heavy (non-hydrogen) atoms. The van der Waals surface area contributed by atoms with Gasteiger partial charge in [0.25, 0.3) is 0 Å². The van der Waals surface area contributed by atoms with Crippen LogP contribution in [0.5, 0.6) is 0 Å². The van der Waals surface area contributed by atoms with Gasteiger partial charge in [-0.15, -0.1) is 0 Å². The first-order chi connectivity index (χ1) is 40.7. The molecular weight excluding hydrogens is 1170 g/mol. The van der Waals surface area contributed by atoms with Crippen LogP contribution in [-0.2, 0) is 14.0 Å². The predicted octanol–water partition coefficient (Wildman–Crippen LogP) is 12.4. The normalized spacial score (nSPS) is 20.2. The minimum Gasteiger partial charge on any atom is -0.444 e. The van der Waals surface area contributed by atoms with Gasteiger partial charge < -0.3 is 56.5 Å². The summed E-state index contributed by atoms with van der Waals surface area (Å²) in [5, 5.41) is 22.5. The number of aromatic nitrogens is 8. The number of anilines is 2. The molecule has 2 spiro atoms. The largest absolute Gasteiger partial charge is 0.495 e. The summed E-state index contributed by atoms with van der Waals surface area (Å²) < 4.78 is 22.9. The number of H-pyrrole nitrogens is 2. The number of nitrogens with one attached hydrogen (secondary N) is 3. The van der Waals surface area contributed by atoms with Gasteiger partial charge >= 0.3 is 13.2 Å². The molecule has 2 saturated carbocycles. The summed E-state index contributed by atoms with van der Waals surface area (Å²) >= 11 is 3.60. The number of ether oxygens (including phenoxy) is 1. The van der Waals surface area contributed by atoms with Gasteiger partial charge in [-0.05, 0) is 202 Å². The molecule has 5 fully saturated rings. The van der Waals surface area contributed by atoms with Gasteiger partial charge in [0.1, 0.15) is 11.2 Å². The fraction of sp³-hybridized carbons (Fsp3) is 0.525. The zero-order chi connectivity index (χ0) is 60.3. The number of fused-ring (bicyclic) bond motifs is 4. The van der Waals surface area contributed by atoms with Gasteiger partial charge in [0.2, 0.25) is 11.9 Å². The fourth-order valence-corrected chi connectivity index (χ4v) is 13.4. The van der Waals surface area contributed by atoms with E-state index < -0.39 is 5.60 Å². The highest BCUT2D eigenvalue weighted by Gasteiger charge is 2.52. The van der Waals surface area contributed by atoms with Gasteiger partial charge in [-0.25, -0.2) is 24.7 Å². The molecule has 2 aliphatic carbocycles. The lowest BCUT2D eigenvalue weighted by Gasteiger charge is -2.43. The molecule has 0 radical (unpaired) electrons. The Labute approximate surface area is 518 Å². The van der Waals surface area contributed by atoms with Crippen LogP contribution >= 0.6 is 15.9 Å². The number of hydrogen-bond donors (Lipinski definition) is 6. The first-order valence-corrected chi connectivity index (χ1v) is 30.1. The van der Waals surface area contributed by atoms with Crippen molar-refractivity contribution in [3.8, 4) is 11.1 Å². The Morgan fingerprint density at radius 2 is 1.23 bits per heavy atom. The van der Waals surface area contributed by atoms with E-state index in [-0.39, 0.29) is 50.7 Å². The molecule has 2 aromatic carbocycles. The van der Waals surface area contributed by atoms with Gasteiger partial charge in [0.15, 0.2) is 5.65 Å². The molecule has 8 aromatic rings. The molecule has 5 aliphatic rings. The highest BCUT2D eigenvalue weighted by atomic mass is 79.9. The Morgan fingerprint density at radius 3 is 1.80 bits per heavy atom. The number of nitrogens with zero attached hydrogens (tertiary/aromatic N) is 14. The van der Waals surface area contributed by atoms with Crippen molar-refractivity contribution >= 4 is 79.6 Å². The Morgan fingerprint density at radius 1 is 0.713 bits per heavy atom. The second kappa shape index (κ2) is 26.8. The van der Waals surface area contributed by atoms with Crippen LogP contribution in [0.1, 0.15) is 139 Å². The van der Waals surface area contributed by atoms with Crippen molar-refractivity contribution < 1.29 is 18.8 Å². The van der Waals surface area contributed by atoms with E-state index in [1.807, 2.05) is 70.9 Å². The van der Waals surface area contributed by atoms with Crippen LogP contribution in [0.25, 0.3) is 44.2 Å². The number of carbonyl (C=O) groups excluding carboxylic acids is 1. The number of carbonyl (C=O) groups is 1. The minimum atomic E-state index is -0.472. The lowest BCUT2D eigenvalue weighted by atomic mass is 9.74. The summed E-state index contributed by atoms with van der Waals surface area (Å²) in [6.45, 7) is 22.0. The maximum atomic E-state index is 12.3. The predicted molar refractivity (Wildman–Crippen MR) is 347 cm³/mol. The zero-order valence-corrected chi connectivity index (χ0v) is 51.8. The Bertz CT molecular complexity index is 3690. The summed E-state index contributed by atoms with van der Waals surface area (Å²) in [5.74, 6) is 11.0. The van der Waals surface area contributed by atoms with E-state index in [1.54, 1.807) is 0 Å². The summed E-state index contributed by atoms with van der Waals surface area (Å²) in [5.41, 5.74) is 15.4.